The number of carboxylic acids is 1. The molecule has 10 heterocycles. The number of carbonyl (C=O) groups excluding carboxylic acids is 3. The summed E-state index contributed by atoms with van der Waals surface area (Å²) in [5.74, 6) is 5.29. The highest BCUT2D eigenvalue weighted by molar-refractivity contribution is 9.09. The number of ether oxygens (including phenoxy) is 11. The van der Waals surface area contributed by atoms with Crippen LogP contribution in [0, 0.1) is 0 Å². The van der Waals surface area contributed by atoms with E-state index in [2.05, 4.69) is 99.4 Å². The number of carboxylic acid groups (broad SMARTS) is 1. The Morgan fingerprint density at radius 1 is 0.388 bits per heavy atom. The lowest BCUT2D eigenvalue weighted by atomic mass is 10.0. The van der Waals surface area contributed by atoms with Crippen molar-refractivity contribution in [1.82, 2.24) is 39.9 Å². The lowest BCUT2D eigenvalue weighted by Crippen LogP contribution is -2.26. The number of nitrogen functional groups attached to an aromatic ring is 1. The molecule has 674 valence electrons. The number of alkyl halides is 2. The van der Waals surface area contributed by atoms with E-state index in [1.165, 1.54) is 43.6 Å². The Balaban J connectivity index is 0.000000116. The van der Waals surface area contributed by atoms with Gasteiger partial charge in [0.2, 0.25) is 27.2 Å². The first kappa shape index (κ1) is 89.3. The molecule has 0 radical (unpaired) electrons. The van der Waals surface area contributed by atoms with Crippen LogP contribution < -0.4 is 58.7 Å². The number of nitrogens with one attached hydrogen (secondary N) is 1. The maximum atomic E-state index is 12.1. The van der Waals surface area contributed by atoms with Crippen LogP contribution in [0.2, 0.25) is 5.15 Å². The number of esters is 3. The number of fused-ring (bicyclic) bond motifs is 10. The van der Waals surface area contributed by atoms with E-state index in [1.807, 2.05) is 121 Å². The van der Waals surface area contributed by atoms with Crippen LogP contribution in [0.3, 0.4) is 0 Å². The van der Waals surface area contributed by atoms with Crippen molar-refractivity contribution in [2.24, 2.45) is 0 Å². The molecule has 16 aromatic rings. The highest BCUT2D eigenvalue weighted by atomic mass is 79.9. The molecule has 31 heteroatoms. The first-order valence-corrected chi connectivity index (χ1v) is 45.7. The number of anilines is 7. The predicted molar refractivity (Wildman–Crippen MR) is 519 cm³/mol. The fourth-order valence-corrected chi connectivity index (χ4v) is 17.0. The Kier molecular flexibility index (Phi) is 27.1. The van der Waals surface area contributed by atoms with E-state index >= 15 is 0 Å². The summed E-state index contributed by atoms with van der Waals surface area (Å²) in [6.45, 7) is 2.44. The number of rotatable bonds is 18. The lowest BCUT2D eigenvalue weighted by Gasteiger charge is -2.31. The lowest BCUT2D eigenvalue weighted by molar-refractivity contribution is 0.0592. The summed E-state index contributed by atoms with van der Waals surface area (Å²) in [6.07, 6.45) is 8.19. The molecule has 12 aromatic carbocycles. The van der Waals surface area contributed by atoms with Gasteiger partial charge < -0.3 is 78.1 Å². The Bertz CT molecular complexity index is 7220. The average Bonchev–Trinajstić information content (AvgIpc) is 1.27. The first-order valence-electron chi connectivity index (χ1n) is 43.1. The number of aryl methyl sites for hydroxylation is 4. The summed E-state index contributed by atoms with van der Waals surface area (Å²) < 4.78 is 58.3. The Morgan fingerprint density at radius 3 is 1.19 bits per heavy atom. The second kappa shape index (κ2) is 40.6. The van der Waals surface area contributed by atoms with Crippen molar-refractivity contribution in [3.8, 4) is 91.0 Å². The summed E-state index contributed by atoms with van der Waals surface area (Å²) in [4.78, 5) is 90.2. The van der Waals surface area contributed by atoms with Crippen molar-refractivity contribution in [1.29, 1.82) is 0 Å². The topological polar surface area (TPSA) is 338 Å². The van der Waals surface area contributed by atoms with E-state index < -0.39 is 23.9 Å². The van der Waals surface area contributed by atoms with Gasteiger partial charge in [-0.15, -0.1) is 0 Å². The highest BCUT2D eigenvalue weighted by Crippen LogP contribution is 2.47. The van der Waals surface area contributed by atoms with Gasteiger partial charge in [0.1, 0.15) is 22.8 Å². The van der Waals surface area contributed by atoms with Crippen molar-refractivity contribution in [2.45, 2.75) is 51.4 Å². The van der Waals surface area contributed by atoms with Gasteiger partial charge in [0.25, 0.3) is 0 Å². The largest absolute Gasteiger partial charge is 0.478 e. The summed E-state index contributed by atoms with van der Waals surface area (Å²) in [7, 11) is 4.06. The molecule has 0 saturated carbocycles. The minimum absolute atomic E-state index is 0.188. The van der Waals surface area contributed by atoms with Gasteiger partial charge in [-0.3, -0.25) is 0 Å². The smallest absolute Gasteiger partial charge is 0.337 e. The molecule has 28 nitrogen and oxygen atoms in total. The van der Waals surface area contributed by atoms with Gasteiger partial charge >= 0.3 is 23.9 Å². The number of hydrogen-bond acceptors (Lipinski definition) is 27. The maximum Gasteiger partial charge on any atom is 0.337 e. The molecule has 0 fully saturated rings. The number of nitrogens with two attached hydrogens (primary N) is 1. The van der Waals surface area contributed by atoms with Gasteiger partial charge in [-0.05, 0) is 243 Å². The number of aromatic nitrogens is 8. The van der Waals surface area contributed by atoms with Crippen LogP contribution in [0.4, 0.5) is 40.2 Å². The fraction of sp³-hybridized carbons (Fsp3) is 0.184. The normalized spacial score (nSPS) is 13.1. The third kappa shape index (κ3) is 19.6. The van der Waals surface area contributed by atoms with Gasteiger partial charge in [-0.2, -0.15) is 0 Å². The molecule has 22 rings (SSSR count). The molecular weight excluding hydrogens is 1860 g/mol. The molecule has 0 aliphatic carbocycles. The number of hydrogen-bond donors (Lipinski definition) is 3. The second-order valence-electron chi connectivity index (χ2n) is 31.3. The van der Waals surface area contributed by atoms with Crippen LogP contribution in [0.15, 0.2) is 243 Å². The molecule has 6 aliphatic rings. The number of carbonyl (C=O) groups is 4. The molecule has 0 unspecified atom stereocenters. The molecule has 0 spiro atoms. The summed E-state index contributed by atoms with van der Waals surface area (Å²) in [5, 5.41) is 15.1. The van der Waals surface area contributed by atoms with Crippen molar-refractivity contribution >= 4 is 152 Å². The Labute approximate surface area is 790 Å². The van der Waals surface area contributed by atoms with E-state index in [-0.39, 0.29) is 37.9 Å². The zero-order chi connectivity index (χ0) is 92.3. The first-order chi connectivity index (χ1) is 65.5. The van der Waals surface area contributed by atoms with Crippen molar-refractivity contribution < 1.29 is 76.4 Å². The van der Waals surface area contributed by atoms with Crippen LogP contribution in [0.5, 0.6) is 46.0 Å². The number of nitrogens with zero attached hydrogens (tertiary/aromatic N) is 10. The second-order valence-corrected chi connectivity index (χ2v) is 33.2. The van der Waals surface area contributed by atoms with Crippen molar-refractivity contribution in [2.75, 3.05) is 93.1 Å². The Hall–Kier alpha value is -15.3. The number of aromatic carboxylic acids is 1. The van der Waals surface area contributed by atoms with Gasteiger partial charge in [0, 0.05) is 68.8 Å². The third-order valence-electron chi connectivity index (χ3n) is 22.9. The highest BCUT2D eigenvalue weighted by Gasteiger charge is 2.30. The number of halogens is 3. The fourth-order valence-electron chi connectivity index (χ4n) is 16.2. The number of para-hydroxylation sites is 4. The van der Waals surface area contributed by atoms with E-state index in [0.29, 0.717) is 124 Å². The quantitative estimate of drug-likeness (QED) is 0.0311. The molecule has 0 atom stereocenters. The molecule has 4 N–H and O–H groups in total. The van der Waals surface area contributed by atoms with Gasteiger partial charge in [-0.1, -0.05) is 116 Å². The van der Waals surface area contributed by atoms with Gasteiger partial charge in [0.15, 0.2) is 68.6 Å². The van der Waals surface area contributed by atoms with Crippen LogP contribution >= 0.6 is 43.5 Å². The standard InChI is InChI=1S/C26H22BrN3O4.C26H21N3O4.C25H19N3O4.C17H11ClN2O4.C9H12BrN/c1-32-26(31)18-8-10-20-21(13-18)30-25(29-19-7-3-2-5-16(19)6-4-12-27)24(28-20)17-9-11-22-23(14-17)34-15-33-22;1-31-26(30)18-8-10-19-20(13-18)28-25(29-12-4-6-16-5-2-3-7-21(16)29)24(27-19)17-9-11-22-23(14-17)33-15-32-22;29-25(30)17-7-9-18-19(12-17)27-24(28-11-3-5-15-4-1-2-6-20(15)28)23(26-18)16-8-10-21-22(13-16)32-14-31-21;1-22-17(21)10-2-4-11-12(6-10)20-16(18)15(19-11)9-3-5-13-14(7-9)24-8-23-13;10-7-3-5-8-4-1-2-6-9(8)11/h2-3,5,7-11,13-14H,4,6,12,15H2,1H3,(H,29,30);2-3,5,7-11,13-14H,4,6,12,15H2,1H3;1-2,4,6-10,12-13H,3,5,11,14H2,(H,29,30);2-7H,8H2,1H3;1-2,4,6H,3,5,7,11H2. The Morgan fingerprint density at radius 2 is 0.746 bits per heavy atom. The molecular formula is C103H85Br2ClN12O16. The average molecular weight is 1940 g/mol. The summed E-state index contributed by atoms with van der Waals surface area (Å²) >= 11 is 13.2. The number of benzene rings is 12. The van der Waals surface area contributed by atoms with Crippen molar-refractivity contribution in [3.63, 3.8) is 0 Å². The molecule has 0 amide bonds. The zero-order valence-corrected chi connectivity index (χ0v) is 76.6. The van der Waals surface area contributed by atoms with Crippen LogP contribution in [0.25, 0.3) is 89.2 Å². The minimum atomic E-state index is -0.988. The molecule has 4 aromatic heterocycles. The third-order valence-corrected chi connectivity index (χ3v) is 24.3. The van der Waals surface area contributed by atoms with Gasteiger partial charge in [0.05, 0.1) is 87.7 Å². The van der Waals surface area contributed by atoms with E-state index in [1.54, 1.807) is 78.9 Å². The molecule has 134 heavy (non-hydrogen) atoms. The van der Waals surface area contributed by atoms with Crippen molar-refractivity contribution in [3.05, 3.63) is 292 Å². The molecule has 0 saturated heterocycles. The minimum Gasteiger partial charge on any atom is -0.478 e. The van der Waals surface area contributed by atoms with E-state index in [9.17, 15) is 24.3 Å². The monoisotopic (exact) mass is 1940 g/mol. The molecule has 6 aliphatic heterocycles. The van der Waals surface area contributed by atoms with Gasteiger partial charge in [-0.25, -0.2) is 59.0 Å². The van der Waals surface area contributed by atoms with Crippen LogP contribution in [0.1, 0.15) is 89.4 Å². The summed E-state index contributed by atoms with van der Waals surface area (Å²) in [5.41, 5.74) is 27.3. The van der Waals surface area contributed by atoms with Crippen LogP contribution in [-0.2, 0) is 39.9 Å². The summed E-state index contributed by atoms with van der Waals surface area (Å²) in [6, 6.07) is 75.8. The maximum absolute atomic E-state index is 12.1. The van der Waals surface area contributed by atoms with E-state index in [4.69, 9.17) is 99.3 Å². The number of methoxy groups -OCH3 is 3. The molecule has 0 bridgehead atoms. The van der Waals surface area contributed by atoms with Crippen LogP contribution in [-0.4, -0.2) is 141 Å². The SMILES string of the molecule is COC(=O)c1ccc2nc(-c3ccc4c(c3)OCO4)c(Cl)nc2c1.COC(=O)c1ccc2nc(-c3ccc4c(c3)OCO4)c(N3CCCc4ccccc43)nc2c1.COC(=O)c1ccc2nc(-c3ccc4c(c3)OCO4)c(Nc3ccccc3CCCBr)nc2c1.Nc1ccccc1CCCBr.O=C(O)c1ccc2nc(-c3ccc4c(c3)OCO4)c(N3CCCc4ccccc43)nc2c1. The van der Waals surface area contributed by atoms with E-state index in [0.717, 1.165) is 143 Å². The zero-order valence-electron chi connectivity index (χ0n) is 72.7. The predicted octanol–water partition coefficient (Wildman–Crippen LogP) is 21.6.